The lowest BCUT2D eigenvalue weighted by atomic mass is 9.67. The Morgan fingerprint density at radius 3 is 1.73 bits per heavy atom. The summed E-state index contributed by atoms with van der Waals surface area (Å²) in [5, 5.41) is 4.60. The lowest BCUT2D eigenvalue weighted by Crippen LogP contribution is -2.28. The molecule has 300 valence electrons. The number of fused-ring (bicyclic) bond motifs is 9. The number of nitrogens with zero attached hydrogens (tertiary/aromatic N) is 2. The molecule has 0 saturated heterocycles. The van der Waals surface area contributed by atoms with E-state index < -0.39 is 5.41 Å². The maximum atomic E-state index is 7.04. The highest BCUT2D eigenvalue weighted by atomic mass is 16.3. The largest absolute Gasteiger partial charge is 0.456 e. The number of benzene rings is 10. The second-order valence-corrected chi connectivity index (χ2v) is 16.8. The monoisotopic (exact) mass is 816 g/mol. The normalized spacial score (nSPS) is 12.8. The second kappa shape index (κ2) is 14.3. The third kappa shape index (κ3) is 5.34. The van der Waals surface area contributed by atoms with Crippen molar-refractivity contribution in [3.63, 3.8) is 0 Å². The summed E-state index contributed by atoms with van der Waals surface area (Å²) >= 11 is 0. The van der Waals surface area contributed by atoms with E-state index in [1.54, 1.807) is 0 Å². The quantitative estimate of drug-likeness (QED) is 0.160. The van der Waals surface area contributed by atoms with Crippen LogP contribution in [0, 0.1) is 0 Å². The SMILES string of the molecule is c1ccc(-c2ccc(N(c3ccc4c5ccccc5n(-c5ccccc5)c4c3)c3cccc4oc5cc6c(cc5c34)-c3ccccc3C6(c3ccccc3)c3ccccc3)cc2)cc1. The van der Waals surface area contributed by atoms with E-state index in [1.807, 2.05) is 0 Å². The van der Waals surface area contributed by atoms with E-state index >= 15 is 0 Å². The van der Waals surface area contributed by atoms with Gasteiger partial charge in [-0.05, 0) is 111 Å². The van der Waals surface area contributed by atoms with E-state index in [2.05, 4.69) is 252 Å². The molecule has 0 radical (unpaired) electrons. The molecule has 1 aliphatic carbocycles. The van der Waals surface area contributed by atoms with Crippen LogP contribution in [-0.4, -0.2) is 4.57 Å². The Morgan fingerprint density at radius 1 is 0.375 bits per heavy atom. The molecule has 64 heavy (non-hydrogen) atoms. The van der Waals surface area contributed by atoms with E-state index in [-0.39, 0.29) is 0 Å². The first-order chi connectivity index (χ1) is 31.8. The molecule has 12 aromatic rings. The fourth-order valence-corrected chi connectivity index (χ4v) is 10.7. The number of para-hydroxylation sites is 2. The summed E-state index contributed by atoms with van der Waals surface area (Å²) in [6.07, 6.45) is 0. The van der Waals surface area contributed by atoms with Crippen LogP contribution in [0.2, 0.25) is 0 Å². The minimum atomic E-state index is -0.524. The third-order valence-corrected chi connectivity index (χ3v) is 13.5. The van der Waals surface area contributed by atoms with Crippen LogP contribution >= 0.6 is 0 Å². The van der Waals surface area contributed by atoms with Crippen LogP contribution in [0.4, 0.5) is 17.1 Å². The van der Waals surface area contributed by atoms with E-state index in [9.17, 15) is 0 Å². The predicted molar refractivity (Wildman–Crippen MR) is 265 cm³/mol. The highest BCUT2D eigenvalue weighted by Gasteiger charge is 2.46. The van der Waals surface area contributed by atoms with E-state index in [1.165, 1.54) is 60.8 Å². The van der Waals surface area contributed by atoms with Crippen LogP contribution in [0.25, 0.3) is 71.7 Å². The molecule has 0 aliphatic heterocycles. The number of aromatic nitrogens is 1. The van der Waals surface area contributed by atoms with Gasteiger partial charge in [-0.25, -0.2) is 0 Å². The second-order valence-electron chi connectivity index (χ2n) is 16.8. The van der Waals surface area contributed by atoms with Crippen LogP contribution in [0.1, 0.15) is 22.3 Å². The van der Waals surface area contributed by atoms with Gasteiger partial charge in [0, 0.05) is 33.2 Å². The Kier molecular flexibility index (Phi) is 8.13. The van der Waals surface area contributed by atoms with Gasteiger partial charge in [-0.2, -0.15) is 0 Å². The number of hydrogen-bond acceptors (Lipinski definition) is 2. The molecule has 0 unspecified atom stereocenters. The molecule has 2 aromatic heterocycles. The van der Waals surface area contributed by atoms with Crippen molar-refractivity contribution in [2.45, 2.75) is 5.41 Å². The molecule has 0 N–H and O–H groups in total. The Bertz CT molecular complexity index is 3660. The van der Waals surface area contributed by atoms with Crippen LogP contribution in [0.5, 0.6) is 0 Å². The van der Waals surface area contributed by atoms with Gasteiger partial charge in [0.2, 0.25) is 0 Å². The Hall–Kier alpha value is -8.40. The molecule has 0 amide bonds. The van der Waals surface area contributed by atoms with Crippen molar-refractivity contribution >= 4 is 60.8 Å². The molecule has 0 fully saturated rings. The average molecular weight is 817 g/mol. The standard InChI is InChI=1S/C61H40N2O/c1-5-18-41(19-6-1)42-32-34-46(35-33-42)62(47-36-37-50-49-27-14-16-29-55(49)63(57(50)38-47)45-24-11-4-12-25-45)56-30-17-31-58-60(56)52-39-51-48-26-13-15-28-53(48)61(43-20-7-2-8-21-43,44-22-9-3-10-23-44)54(51)40-59(52)64-58/h1-40H. The van der Waals surface area contributed by atoms with Gasteiger partial charge in [0.1, 0.15) is 11.2 Å². The van der Waals surface area contributed by atoms with Crippen molar-refractivity contribution in [2.24, 2.45) is 0 Å². The molecule has 0 bridgehead atoms. The fourth-order valence-electron chi connectivity index (χ4n) is 10.7. The number of furan rings is 1. The van der Waals surface area contributed by atoms with Crippen molar-refractivity contribution in [3.05, 3.63) is 265 Å². The molecule has 10 aromatic carbocycles. The Morgan fingerprint density at radius 2 is 0.984 bits per heavy atom. The predicted octanol–water partition coefficient (Wildman–Crippen LogP) is 16.2. The Labute approximate surface area is 371 Å². The number of hydrogen-bond donors (Lipinski definition) is 0. The van der Waals surface area contributed by atoms with Gasteiger partial charge in [-0.3, -0.25) is 0 Å². The highest BCUT2D eigenvalue weighted by Crippen LogP contribution is 2.58. The number of rotatable bonds is 7. The van der Waals surface area contributed by atoms with Gasteiger partial charge in [-0.15, -0.1) is 0 Å². The summed E-state index contributed by atoms with van der Waals surface area (Å²) in [5.41, 5.74) is 17.6. The molecule has 1 aliphatic rings. The molecule has 0 atom stereocenters. The molecule has 2 heterocycles. The lowest BCUT2D eigenvalue weighted by molar-refractivity contribution is 0.666. The first-order valence-electron chi connectivity index (χ1n) is 22.0. The first-order valence-corrected chi connectivity index (χ1v) is 22.0. The van der Waals surface area contributed by atoms with Crippen molar-refractivity contribution in [3.8, 4) is 27.9 Å². The molecule has 3 heteroatoms. The highest BCUT2D eigenvalue weighted by molar-refractivity contribution is 6.16. The summed E-state index contributed by atoms with van der Waals surface area (Å²) in [4.78, 5) is 2.41. The van der Waals surface area contributed by atoms with Gasteiger partial charge >= 0.3 is 0 Å². The van der Waals surface area contributed by atoms with Gasteiger partial charge in [0.15, 0.2) is 0 Å². The summed E-state index contributed by atoms with van der Waals surface area (Å²) in [6.45, 7) is 0. The first kappa shape index (κ1) is 36.3. The van der Waals surface area contributed by atoms with Crippen molar-refractivity contribution in [1.82, 2.24) is 4.57 Å². The zero-order valence-electron chi connectivity index (χ0n) is 34.9. The average Bonchev–Trinajstić information content (AvgIpc) is 4.00. The summed E-state index contributed by atoms with van der Waals surface area (Å²) in [7, 11) is 0. The van der Waals surface area contributed by atoms with E-state index in [4.69, 9.17) is 4.42 Å². The topological polar surface area (TPSA) is 21.3 Å². The summed E-state index contributed by atoms with van der Waals surface area (Å²) < 4.78 is 9.43. The van der Waals surface area contributed by atoms with E-state index in [0.29, 0.717) is 0 Å². The van der Waals surface area contributed by atoms with Crippen LogP contribution in [-0.2, 0) is 5.41 Å². The lowest BCUT2D eigenvalue weighted by Gasteiger charge is -2.33. The molecular formula is C61H40N2O. The third-order valence-electron chi connectivity index (χ3n) is 13.5. The molecular weight excluding hydrogens is 777 g/mol. The maximum absolute atomic E-state index is 7.04. The van der Waals surface area contributed by atoms with Crippen LogP contribution < -0.4 is 4.90 Å². The molecule has 0 spiro atoms. The van der Waals surface area contributed by atoms with Gasteiger partial charge in [0.25, 0.3) is 0 Å². The Balaban J connectivity index is 1.08. The summed E-state index contributed by atoms with van der Waals surface area (Å²) in [5.74, 6) is 0. The maximum Gasteiger partial charge on any atom is 0.137 e. The molecule has 0 saturated carbocycles. The minimum absolute atomic E-state index is 0.524. The zero-order chi connectivity index (χ0) is 42.2. The van der Waals surface area contributed by atoms with Gasteiger partial charge in [0.05, 0.1) is 27.5 Å². The zero-order valence-corrected chi connectivity index (χ0v) is 34.9. The molecule has 13 rings (SSSR count). The fraction of sp³-hybridized carbons (Fsp3) is 0.0164. The van der Waals surface area contributed by atoms with Gasteiger partial charge < -0.3 is 13.9 Å². The van der Waals surface area contributed by atoms with Crippen molar-refractivity contribution < 1.29 is 4.42 Å². The van der Waals surface area contributed by atoms with Crippen molar-refractivity contribution in [2.75, 3.05) is 4.90 Å². The van der Waals surface area contributed by atoms with Crippen LogP contribution in [0.15, 0.2) is 247 Å². The van der Waals surface area contributed by atoms with Crippen molar-refractivity contribution in [1.29, 1.82) is 0 Å². The molecule has 3 nitrogen and oxygen atoms in total. The smallest absolute Gasteiger partial charge is 0.137 e. The minimum Gasteiger partial charge on any atom is -0.456 e. The van der Waals surface area contributed by atoms with E-state index in [0.717, 1.165) is 50.2 Å². The summed E-state index contributed by atoms with van der Waals surface area (Å²) in [6, 6.07) is 88.0. The van der Waals surface area contributed by atoms with Gasteiger partial charge in [-0.1, -0.05) is 176 Å². The van der Waals surface area contributed by atoms with Crippen LogP contribution in [0.3, 0.4) is 0 Å². The number of anilines is 3.